The van der Waals surface area contributed by atoms with Crippen LogP contribution in [0.5, 0.6) is 0 Å². The third-order valence-corrected chi connectivity index (χ3v) is 3.00. The van der Waals surface area contributed by atoms with Crippen LogP contribution in [0.1, 0.15) is 16.8 Å². The summed E-state index contributed by atoms with van der Waals surface area (Å²) in [5.74, 6) is 1.45. The van der Waals surface area contributed by atoms with Gasteiger partial charge in [0.2, 0.25) is 0 Å². The molecule has 2 aromatic rings. The number of nitrogens with zero attached hydrogens (tertiary/aromatic N) is 2. The van der Waals surface area contributed by atoms with Crippen molar-refractivity contribution >= 4 is 17.4 Å². The molecule has 4 heteroatoms. The van der Waals surface area contributed by atoms with E-state index in [2.05, 4.69) is 9.88 Å². The maximum absolute atomic E-state index is 5.81. The van der Waals surface area contributed by atoms with Gasteiger partial charge in [0, 0.05) is 30.7 Å². The summed E-state index contributed by atoms with van der Waals surface area (Å²) < 4.78 is 5.05. The van der Waals surface area contributed by atoms with Gasteiger partial charge >= 0.3 is 0 Å². The first-order valence-corrected chi connectivity index (χ1v) is 5.99. The molecule has 2 heterocycles. The van der Waals surface area contributed by atoms with Gasteiger partial charge in [-0.05, 0) is 24.6 Å². The molecule has 0 aromatic carbocycles. The summed E-state index contributed by atoms with van der Waals surface area (Å²) in [6, 6.07) is 5.97. The van der Waals surface area contributed by atoms with E-state index in [4.69, 9.17) is 16.0 Å². The van der Waals surface area contributed by atoms with Crippen LogP contribution in [0.15, 0.2) is 35.1 Å². The smallest absolute Gasteiger partial charge is 0.128 e. The number of alkyl halides is 1. The van der Waals surface area contributed by atoms with Gasteiger partial charge in [-0.2, -0.15) is 0 Å². The van der Waals surface area contributed by atoms with Crippen LogP contribution in [-0.2, 0) is 12.4 Å². The first-order chi connectivity index (χ1) is 8.20. The molecule has 2 aromatic heterocycles. The molecule has 0 amide bonds. The number of rotatable bonds is 4. The van der Waals surface area contributed by atoms with Gasteiger partial charge in [-0.3, -0.25) is 0 Å². The summed E-state index contributed by atoms with van der Waals surface area (Å²) in [5, 5.41) is 0. The molecule has 0 fully saturated rings. The van der Waals surface area contributed by atoms with E-state index in [-0.39, 0.29) is 0 Å². The van der Waals surface area contributed by atoms with E-state index >= 15 is 0 Å². The van der Waals surface area contributed by atoms with Crippen LogP contribution in [0.25, 0.3) is 0 Å². The Morgan fingerprint density at radius 3 is 2.76 bits per heavy atom. The molecule has 0 N–H and O–H groups in total. The number of pyridine rings is 1. The van der Waals surface area contributed by atoms with Gasteiger partial charge in [-0.1, -0.05) is 6.07 Å². The summed E-state index contributed by atoms with van der Waals surface area (Å²) in [6.07, 6.45) is 3.43. The quantitative estimate of drug-likeness (QED) is 0.780. The fourth-order valence-electron chi connectivity index (χ4n) is 1.67. The van der Waals surface area contributed by atoms with Crippen molar-refractivity contribution < 1.29 is 4.42 Å². The molecular weight excluding hydrogens is 236 g/mol. The topological polar surface area (TPSA) is 29.3 Å². The molecule has 0 saturated carbocycles. The molecule has 17 heavy (non-hydrogen) atoms. The van der Waals surface area contributed by atoms with Crippen molar-refractivity contribution in [1.29, 1.82) is 0 Å². The van der Waals surface area contributed by atoms with Gasteiger partial charge in [-0.15, -0.1) is 11.6 Å². The van der Waals surface area contributed by atoms with Gasteiger partial charge in [0.1, 0.15) is 5.82 Å². The van der Waals surface area contributed by atoms with Crippen molar-refractivity contribution in [3.63, 3.8) is 0 Å². The van der Waals surface area contributed by atoms with Crippen LogP contribution in [0, 0.1) is 6.92 Å². The van der Waals surface area contributed by atoms with Gasteiger partial charge < -0.3 is 9.32 Å². The predicted molar refractivity (Wildman–Crippen MR) is 69.3 cm³/mol. The Hall–Kier alpha value is -1.48. The number of halogens is 1. The van der Waals surface area contributed by atoms with Gasteiger partial charge in [0.15, 0.2) is 0 Å². The lowest BCUT2D eigenvalue weighted by Gasteiger charge is -2.18. The second-order valence-corrected chi connectivity index (χ2v) is 4.30. The Kier molecular flexibility index (Phi) is 3.69. The molecule has 3 nitrogen and oxygen atoms in total. The van der Waals surface area contributed by atoms with E-state index in [9.17, 15) is 0 Å². The van der Waals surface area contributed by atoms with Crippen molar-refractivity contribution in [3.8, 4) is 0 Å². The highest BCUT2D eigenvalue weighted by molar-refractivity contribution is 6.17. The largest absolute Gasteiger partial charge is 0.472 e. The highest BCUT2D eigenvalue weighted by Crippen LogP contribution is 2.17. The summed E-state index contributed by atoms with van der Waals surface area (Å²) >= 11 is 5.81. The second kappa shape index (κ2) is 5.23. The van der Waals surface area contributed by atoms with Gasteiger partial charge in [-0.25, -0.2) is 4.98 Å². The molecule has 0 aliphatic rings. The summed E-state index contributed by atoms with van der Waals surface area (Å²) in [4.78, 5) is 6.61. The van der Waals surface area contributed by atoms with Crippen molar-refractivity contribution in [3.05, 3.63) is 47.5 Å². The molecule has 0 saturated heterocycles. The molecule has 0 unspecified atom stereocenters. The molecule has 0 atom stereocenters. The second-order valence-electron chi connectivity index (χ2n) is 4.04. The number of hydrogen-bond donors (Lipinski definition) is 0. The average molecular weight is 251 g/mol. The highest BCUT2D eigenvalue weighted by atomic mass is 35.5. The van der Waals surface area contributed by atoms with Crippen LogP contribution in [-0.4, -0.2) is 12.0 Å². The fraction of sp³-hybridized carbons (Fsp3) is 0.308. The zero-order valence-electron chi connectivity index (χ0n) is 9.98. The molecule has 90 valence electrons. The molecule has 0 spiro atoms. The Labute approximate surface area is 106 Å². The Bertz CT molecular complexity index is 482. The van der Waals surface area contributed by atoms with E-state index in [0.717, 1.165) is 29.2 Å². The summed E-state index contributed by atoms with van der Waals surface area (Å²) in [5.41, 5.74) is 3.19. The van der Waals surface area contributed by atoms with Crippen LogP contribution in [0.2, 0.25) is 0 Å². The number of hydrogen-bond acceptors (Lipinski definition) is 3. The number of aryl methyl sites for hydroxylation is 1. The Morgan fingerprint density at radius 1 is 1.35 bits per heavy atom. The minimum Gasteiger partial charge on any atom is -0.472 e. The first kappa shape index (κ1) is 12.0. The minimum atomic E-state index is 0.505. The lowest BCUT2D eigenvalue weighted by molar-refractivity contribution is 0.563. The van der Waals surface area contributed by atoms with Crippen molar-refractivity contribution in [1.82, 2.24) is 4.98 Å². The van der Waals surface area contributed by atoms with E-state index in [0.29, 0.717) is 5.88 Å². The van der Waals surface area contributed by atoms with Crippen molar-refractivity contribution in [2.75, 3.05) is 11.9 Å². The molecule has 0 aliphatic heterocycles. The van der Waals surface area contributed by atoms with Crippen molar-refractivity contribution in [2.24, 2.45) is 0 Å². The summed E-state index contributed by atoms with van der Waals surface area (Å²) in [7, 11) is 2.01. The van der Waals surface area contributed by atoms with Crippen LogP contribution in [0.3, 0.4) is 0 Å². The van der Waals surface area contributed by atoms with E-state index < -0.39 is 0 Å². The number of furan rings is 1. The van der Waals surface area contributed by atoms with Gasteiger partial charge in [0.05, 0.1) is 12.5 Å². The maximum atomic E-state index is 5.81. The molecule has 0 aliphatic carbocycles. The normalized spacial score (nSPS) is 10.5. The van der Waals surface area contributed by atoms with E-state index in [1.165, 1.54) is 0 Å². The lowest BCUT2D eigenvalue weighted by Crippen LogP contribution is -2.17. The Balaban J connectivity index is 2.14. The zero-order valence-corrected chi connectivity index (χ0v) is 10.7. The number of aromatic nitrogens is 1. The zero-order chi connectivity index (χ0) is 12.3. The molecule has 2 rings (SSSR count). The monoisotopic (exact) mass is 250 g/mol. The van der Waals surface area contributed by atoms with Crippen LogP contribution >= 0.6 is 11.6 Å². The van der Waals surface area contributed by atoms with Crippen LogP contribution < -0.4 is 4.90 Å². The molecule has 0 radical (unpaired) electrons. The lowest BCUT2D eigenvalue weighted by atomic mass is 10.2. The Morgan fingerprint density at radius 2 is 2.18 bits per heavy atom. The predicted octanol–water partition coefficient (Wildman–Crippen LogP) is 3.36. The third kappa shape index (κ3) is 2.80. The third-order valence-electron chi connectivity index (χ3n) is 2.72. The van der Waals surface area contributed by atoms with Gasteiger partial charge in [0.25, 0.3) is 0 Å². The SMILES string of the molecule is Cc1nc(N(C)Cc2ccoc2)ccc1CCl. The van der Waals surface area contributed by atoms with E-state index in [1.54, 1.807) is 12.5 Å². The van der Waals surface area contributed by atoms with Crippen molar-refractivity contribution in [2.45, 2.75) is 19.3 Å². The number of anilines is 1. The summed E-state index contributed by atoms with van der Waals surface area (Å²) in [6.45, 7) is 2.76. The minimum absolute atomic E-state index is 0.505. The molecular formula is C13H15ClN2O. The maximum Gasteiger partial charge on any atom is 0.128 e. The first-order valence-electron chi connectivity index (χ1n) is 5.45. The van der Waals surface area contributed by atoms with E-state index in [1.807, 2.05) is 32.2 Å². The molecule has 0 bridgehead atoms. The fourth-order valence-corrected chi connectivity index (χ4v) is 1.95. The standard InChI is InChI=1S/C13H15ClN2O/c1-10-12(7-14)3-4-13(15-10)16(2)8-11-5-6-17-9-11/h3-6,9H,7-8H2,1-2H3. The van der Waals surface area contributed by atoms with Crippen LogP contribution in [0.4, 0.5) is 5.82 Å². The highest BCUT2D eigenvalue weighted by Gasteiger charge is 2.06. The average Bonchev–Trinajstić information content (AvgIpc) is 2.81.